The minimum absolute atomic E-state index is 0. The van der Waals surface area contributed by atoms with Crippen LogP contribution in [0.4, 0.5) is 5.95 Å². The highest BCUT2D eigenvalue weighted by atomic mass is 35.5. The van der Waals surface area contributed by atoms with E-state index in [4.69, 9.17) is 5.73 Å². The van der Waals surface area contributed by atoms with Crippen LogP contribution in [0.1, 0.15) is 35.1 Å². The number of hydrogen-bond acceptors (Lipinski definition) is 4. The summed E-state index contributed by atoms with van der Waals surface area (Å²) in [7, 11) is 1.64. The Bertz CT molecular complexity index is 962. The van der Waals surface area contributed by atoms with Crippen LogP contribution in [0.2, 0.25) is 0 Å². The number of rotatable bonds is 3. The second-order valence-electron chi connectivity index (χ2n) is 6.50. The third-order valence-electron chi connectivity index (χ3n) is 4.71. The third kappa shape index (κ3) is 3.34. The lowest BCUT2D eigenvalue weighted by atomic mass is 10.0. The zero-order chi connectivity index (χ0) is 16.8. The minimum Gasteiger partial charge on any atom is -0.369 e. The van der Waals surface area contributed by atoms with Gasteiger partial charge in [0, 0.05) is 23.9 Å². The van der Waals surface area contributed by atoms with E-state index in [-0.39, 0.29) is 23.9 Å². The molecule has 0 bridgehead atoms. The highest BCUT2D eigenvalue weighted by Crippen LogP contribution is 2.54. The SMILES string of the molecule is Cc1csc(-c2ccc([C@@H]3C[C@@H]3c3cc(=O)n(C)c(N)n3)cc2)c1.Cl. The summed E-state index contributed by atoms with van der Waals surface area (Å²) in [6, 6.07) is 12.6. The molecule has 2 aromatic heterocycles. The molecule has 25 heavy (non-hydrogen) atoms. The Hall–Kier alpha value is -2.11. The lowest BCUT2D eigenvalue weighted by Gasteiger charge is -2.06. The van der Waals surface area contributed by atoms with E-state index in [2.05, 4.69) is 47.6 Å². The van der Waals surface area contributed by atoms with Crippen LogP contribution < -0.4 is 11.3 Å². The summed E-state index contributed by atoms with van der Waals surface area (Å²) in [4.78, 5) is 17.6. The number of nitrogens with two attached hydrogens (primary N) is 1. The molecular weight excluding hydrogens is 354 g/mol. The maximum absolute atomic E-state index is 11.9. The molecule has 130 valence electrons. The number of benzene rings is 1. The van der Waals surface area contributed by atoms with Gasteiger partial charge in [-0.05, 0) is 47.4 Å². The average Bonchev–Trinajstić information content (AvgIpc) is 3.26. The lowest BCUT2D eigenvalue weighted by molar-refractivity contribution is 0.813. The molecule has 4 nitrogen and oxygen atoms in total. The first kappa shape index (κ1) is 17.7. The Labute approximate surface area is 156 Å². The standard InChI is InChI=1S/C19H19N3OS.ClH/c1-11-7-17(24-10-11)13-5-3-12(4-6-13)14-8-15(14)16-9-18(23)22(2)19(20)21-16;/h3-7,9-10,14-15H,8H2,1-2H3,(H2,20,21);1H/t14-,15-;/m0./s1. The summed E-state index contributed by atoms with van der Waals surface area (Å²) in [5.41, 5.74) is 10.4. The van der Waals surface area contributed by atoms with Gasteiger partial charge in [-0.2, -0.15) is 0 Å². The highest BCUT2D eigenvalue weighted by molar-refractivity contribution is 7.13. The topological polar surface area (TPSA) is 60.9 Å². The van der Waals surface area contributed by atoms with Crippen LogP contribution in [-0.2, 0) is 7.05 Å². The molecule has 1 saturated carbocycles. The molecule has 1 aromatic carbocycles. The number of hydrogen-bond donors (Lipinski definition) is 1. The van der Waals surface area contributed by atoms with Gasteiger partial charge in [0.15, 0.2) is 0 Å². The quantitative estimate of drug-likeness (QED) is 0.752. The first-order valence-corrected chi connectivity index (χ1v) is 8.90. The van der Waals surface area contributed by atoms with Crippen molar-refractivity contribution in [2.45, 2.75) is 25.2 Å². The van der Waals surface area contributed by atoms with Crippen molar-refractivity contribution >= 4 is 29.7 Å². The van der Waals surface area contributed by atoms with E-state index in [1.165, 1.54) is 26.1 Å². The lowest BCUT2D eigenvalue weighted by Crippen LogP contribution is -2.21. The fraction of sp³-hybridized carbons (Fsp3) is 0.263. The third-order valence-corrected chi connectivity index (χ3v) is 5.81. The van der Waals surface area contributed by atoms with E-state index >= 15 is 0 Å². The van der Waals surface area contributed by atoms with Crippen molar-refractivity contribution in [3.8, 4) is 10.4 Å². The number of thiophene rings is 1. The Balaban J connectivity index is 0.00000182. The van der Waals surface area contributed by atoms with Crippen molar-refractivity contribution in [3.05, 3.63) is 69.0 Å². The summed E-state index contributed by atoms with van der Waals surface area (Å²) >= 11 is 1.77. The van der Waals surface area contributed by atoms with Gasteiger partial charge in [0.05, 0.1) is 5.69 Å². The van der Waals surface area contributed by atoms with Crippen LogP contribution in [0, 0.1) is 6.92 Å². The summed E-state index contributed by atoms with van der Waals surface area (Å²) in [6.45, 7) is 2.12. The van der Waals surface area contributed by atoms with Crippen LogP contribution >= 0.6 is 23.7 Å². The van der Waals surface area contributed by atoms with E-state index in [9.17, 15) is 4.79 Å². The fourth-order valence-corrected chi connectivity index (χ4v) is 4.04. The highest BCUT2D eigenvalue weighted by Gasteiger charge is 2.41. The predicted octanol–water partition coefficient (Wildman–Crippen LogP) is 4.09. The molecule has 3 aromatic rings. The Morgan fingerprint density at radius 3 is 2.52 bits per heavy atom. The molecule has 0 amide bonds. The summed E-state index contributed by atoms with van der Waals surface area (Å²) in [5, 5.41) is 2.17. The second kappa shape index (κ2) is 6.65. The molecule has 2 atom stereocenters. The van der Waals surface area contributed by atoms with Crippen LogP contribution in [0.5, 0.6) is 0 Å². The Morgan fingerprint density at radius 1 is 1.20 bits per heavy atom. The van der Waals surface area contributed by atoms with Crippen LogP contribution in [-0.4, -0.2) is 9.55 Å². The number of nitrogen functional groups attached to an aromatic ring is 1. The van der Waals surface area contributed by atoms with E-state index in [1.54, 1.807) is 24.5 Å². The van der Waals surface area contributed by atoms with Gasteiger partial charge in [-0.3, -0.25) is 9.36 Å². The number of nitrogens with zero attached hydrogens (tertiary/aromatic N) is 2. The fourth-order valence-electron chi connectivity index (χ4n) is 3.13. The summed E-state index contributed by atoms with van der Waals surface area (Å²) < 4.78 is 1.37. The molecule has 2 N–H and O–H groups in total. The number of halogens is 1. The van der Waals surface area contributed by atoms with Crippen molar-refractivity contribution in [2.75, 3.05) is 5.73 Å². The molecule has 1 aliphatic carbocycles. The van der Waals surface area contributed by atoms with Gasteiger partial charge < -0.3 is 5.73 Å². The van der Waals surface area contributed by atoms with Crippen molar-refractivity contribution < 1.29 is 0 Å². The zero-order valence-electron chi connectivity index (χ0n) is 14.1. The Morgan fingerprint density at radius 2 is 1.92 bits per heavy atom. The molecule has 0 saturated heterocycles. The van der Waals surface area contributed by atoms with Gasteiger partial charge in [0.2, 0.25) is 5.95 Å². The molecule has 0 spiro atoms. The van der Waals surface area contributed by atoms with Gasteiger partial charge in [0.1, 0.15) is 0 Å². The molecule has 6 heteroatoms. The van der Waals surface area contributed by atoms with Gasteiger partial charge in [-0.25, -0.2) is 4.98 Å². The molecule has 0 aliphatic heterocycles. The Kier molecular flexibility index (Phi) is 4.71. The molecule has 0 unspecified atom stereocenters. The van der Waals surface area contributed by atoms with Crippen molar-refractivity contribution in [1.82, 2.24) is 9.55 Å². The van der Waals surface area contributed by atoms with Crippen LogP contribution in [0.15, 0.2) is 46.6 Å². The van der Waals surface area contributed by atoms with Gasteiger partial charge in [-0.1, -0.05) is 24.3 Å². The van der Waals surface area contributed by atoms with Gasteiger partial charge in [-0.15, -0.1) is 23.7 Å². The summed E-state index contributed by atoms with van der Waals surface area (Å²) in [6.07, 6.45) is 1.02. The smallest absolute Gasteiger partial charge is 0.254 e. The molecule has 1 aliphatic rings. The zero-order valence-corrected chi connectivity index (χ0v) is 15.7. The summed E-state index contributed by atoms with van der Waals surface area (Å²) in [5.74, 6) is 1.02. The van der Waals surface area contributed by atoms with Crippen molar-refractivity contribution in [2.24, 2.45) is 7.05 Å². The van der Waals surface area contributed by atoms with E-state index in [0.717, 1.165) is 12.1 Å². The predicted molar refractivity (Wildman–Crippen MR) is 106 cm³/mol. The molecular formula is C19H20ClN3OS. The molecule has 1 fully saturated rings. The van der Waals surface area contributed by atoms with Crippen LogP contribution in [0.25, 0.3) is 10.4 Å². The van der Waals surface area contributed by atoms with Gasteiger partial charge >= 0.3 is 0 Å². The largest absolute Gasteiger partial charge is 0.369 e. The molecule has 4 rings (SSSR count). The van der Waals surface area contributed by atoms with Crippen molar-refractivity contribution in [1.29, 1.82) is 0 Å². The van der Waals surface area contributed by atoms with E-state index in [1.807, 2.05) is 0 Å². The van der Waals surface area contributed by atoms with E-state index < -0.39 is 0 Å². The number of aromatic nitrogens is 2. The first-order chi connectivity index (χ1) is 11.5. The first-order valence-electron chi connectivity index (χ1n) is 8.02. The van der Waals surface area contributed by atoms with E-state index in [0.29, 0.717) is 11.8 Å². The maximum Gasteiger partial charge on any atom is 0.254 e. The number of anilines is 1. The normalized spacial score (nSPS) is 18.6. The minimum atomic E-state index is -0.0911. The van der Waals surface area contributed by atoms with Crippen molar-refractivity contribution in [3.63, 3.8) is 0 Å². The van der Waals surface area contributed by atoms with Gasteiger partial charge in [0.25, 0.3) is 5.56 Å². The molecule has 2 heterocycles. The second-order valence-corrected chi connectivity index (χ2v) is 7.41. The average molecular weight is 374 g/mol. The number of aryl methyl sites for hydroxylation is 1. The monoisotopic (exact) mass is 373 g/mol. The maximum atomic E-state index is 11.9. The van der Waals surface area contributed by atoms with Crippen LogP contribution in [0.3, 0.4) is 0 Å². The molecule has 0 radical (unpaired) electrons.